The van der Waals surface area contributed by atoms with E-state index in [9.17, 15) is 4.79 Å². The molecule has 1 heterocycles. The zero-order chi connectivity index (χ0) is 8.97. The highest BCUT2D eigenvalue weighted by molar-refractivity contribution is 5.83. The van der Waals surface area contributed by atoms with Gasteiger partial charge in [0.2, 0.25) is 0 Å². The van der Waals surface area contributed by atoms with Gasteiger partial charge in [0.1, 0.15) is 20.3 Å². The molecule has 0 bridgehead atoms. The number of tetrazole rings is 1. The molecule has 0 unspecified atom stereocenters. The van der Waals surface area contributed by atoms with Crippen LogP contribution in [0, 0.1) is 14.0 Å². The van der Waals surface area contributed by atoms with Gasteiger partial charge in [-0.2, -0.15) is 4.80 Å². The fourth-order valence-electron chi connectivity index (χ4n) is 0.556. The van der Waals surface area contributed by atoms with Gasteiger partial charge in [-0.05, 0) is 5.21 Å². The Hall–Kier alpha value is -1.30. The second kappa shape index (κ2) is 3.91. The molecular weight excluding hydrogens is 160 g/mol. The molecular formula is C6H6N4O2. The van der Waals surface area contributed by atoms with Gasteiger partial charge in [0.25, 0.3) is 0 Å². The fourth-order valence-corrected chi connectivity index (χ4v) is 0.556. The van der Waals surface area contributed by atoms with Gasteiger partial charge < -0.3 is 4.74 Å². The first kappa shape index (κ1) is 8.79. The van der Waals surface area contributed by atoms with Crippen molar-refractivity contribution in [2.45, 2.75) is 6.61 Å². The molecule has 0 spiro atoms. The molecule has 0 aromatic carbocycles. The lowest BCUT2D eigenvalue weighted by molar-refractivity contribution is -0.119. The Morgan fingerprint density at radius 3 is 2.92 bits per heavy atom. The van der Waals surface area contributed by atoms with E-state index in [4.69, 9.17) is 18.7 Å². The van der Waals surface area contributed by atoms with E-state index >= 15 is 0 Å². The Morgan fingerprint density at radius 2 is 2.42 bits per heavy atom. The van der Waals surface area contributed by atoms with Crippen molar-refractivity contribution in [3.63, 3.8) is 0 Å². The van der Waals surface area contributed by atoms with E-state index < -0.39 is 5.78 Å². The van der Waals surface area contributed by atoms with Crippen LogP contribution < -0.4 is 0 Å². The summed E-state index contributed by atoms with van der Waals surface area (Å²) in [5, 5.41) is 10.5. The summed E-state index contributed by atoms with van der Waals surface area (Å²) in [6, 6.07) is 0. The first-order valence-corrected chi connectivity index (χ1v) is 3.08. The lowest BCUT2D eigenvalue weighted by Gasteiger charge is -1.94. The minimum Gasteiger partial charge on any atom is -0.366 e. The standard InChI is InChI=1S/C6H6N4O2/c1-5(11)3-12-4-6-7-9-10(2)8-6/h1-2H,3-4H2. The van der Waals surface area contributed by atoms with Crippen LogP contribution in [-0.2, 0) is 16.1 Å². The number of hydrogen-bond acceptors (Lipinski definition) is 5. The summed E-state index contributed by atoms with van der Waals surface area (Å²) in [7, 11) is 5.09. The van der Waals surface area contributed by atoms with E-state index in [1.807, 2.05) is 0 Å². The molecule has 1 aromatic heterocycles. The maximum atomic E-state index is 10.2. The average molecular weight is 166 g/mol. The highest BCUT2D eigenvalue weighted by atomic mass is 16.5. The van der Waals surface area contributed by atoms with Crippen LogP contribution in [0.3, 0.4) is 0 Å². The molecule has 1 aromatic rings. The van der Waals surface area contributed by atoms with Gasteiger partial charge in [0, 0.05) is 6.92 Å². The van der Waals surface area contributed by atoms with Crippen LogP contribution in [0.4, 0.5) is 0 Å². The number of rotatable bonds is 4. The molecule has 0 aliphatic rings. The van der Waals surface area contributed by atoms with Crippen molar-refractivity contribution >= 4 is 5.78 Å². The highest BCUT2D eigenvalue weighted by Gasteiger charge is 2.00. The van der Waals surface area contributed by atoms with Crippen LogP contribution in [0.1, 0.15) is 5.82 Å². The number of carbonyl (C=O) groups is 1. The molecule has 1 rings (SSSR count). The summed E-state index contributed by atoms with van der Waals surface area (Å²) in [6.45, 7) is 4.71. The monoisotopic (exact) mass is 166 g/mol. The molecule has 0 amide bonds. The SMILES string of the molecule is [CH]C(=O)COCc1nnn([CH])n1. The Labute approximate surface area is 69.5 Å². The van der Waals surface area contributed by atoms with Crippen LogP contribution >= 0.6 is 0 Å². The molecule has 0 saturated carbocycles. The van der Waals surface area contributed by atoms with Crippen LogP contribution in [0.2, 0.25) is 0 Å². The molecule has 12 heavy (non-hydrogen) atoms. The minimum absolute atomic E-state index is 0.0696. The maximum Gasteiger partial charge on any atom is 0.200 e. The zero-order valence-corrected chi connectivity index (χ0v) is 6.17. The number of nitrogens with zero attached hydrogens (tertiary/aromatic N) is 4. The smallest absolute Gasteiger partial charge is 0.200 e. The van der Waals surface area contributed by atoms with Gasteiger partial charge in [-0.3, -0.25) is 4.79 Å². The first-order chi connectivity index (χ1) is 5.68. The summed E-state index contributed by atoms with van der Waals surface area (Å²) in [6.07, 6.45) is 0. The normalized spacial score (nSPS) is 10.2. The highest BCUT2D eigenvalue weighted by Crippen LogP contribution is 1.89. The van der Waals surface area contributed by atoms with E-state index in [0.717, 1.165) is 4.80 Å². The molecule has 62 valence electrons. The number of ketones is 1. The molecule has 0 N–H and O–H groups in total. The zero-order valence-electron chi connectivity index (χ0n) is 6.17. The lowest BCUT2D eigenvalue weighted by atomic mass is 10.5. The van der Waals surface area contributed by atoms with Crippen molar-refractivity contribution in [1.29, 1.82) is 0 Å². The van der Waals surface area contributed by atoms with E-state index in [-0.39, 0.29) is 13.2 Å². The van der Waals surface area contributed by atoms with Gasteiger partial charge in [0.05, 0.1) is 0 Å². The average Bonchev–Trinajstić information content (AvgIpc) is 2.35. The number of carbonyl (C=O) groups excluding carboxylic acids is 1. The third-order valence-corrected chi connectivity index (χ3v) is 0.945. The first-order valence-electron chi connectivity index (χ1n) is 3.08. The molecule has 6 nitrogen and oxygen atoms in total. The molecule has 0 atom stereocenters. The largest absolute Gasteiger partial charge is 0.366 e. The predicted molar refractivity (Wildman–Crippen MR) is 36.5 cm³/mol. The van der Waals surface area contributed by atoms with Gasteiger partial charge in [0.15, 0.2) is 11.6 Å². The molecule has 0 aliphatic heterocycles. The Kier molecular flexibility index (Phi) is 2.87. The number of hydrogen-bond donors (Lipinski definition) is 0. The van der Waals surface area contributed by atoms with Crippen molar-refractivity contribution in [3.05, 3.63) is 19.8 Å². The van der Waals surface area contributed by atoms with E-state index in [1.54, 1.807) is 0 Å². The Bertz CT molecular complexity index is 270. The fraction of sp³-hybridized carbons (Fsp3) is 0.333. The van der Waals surface area contributed by atoms with Gasteiger partial charge in [-0.1, -0.05) is 0 Å². The van der Waals surface area contributed by atoms with Crippen LogP contribution in [-0.4, -0.2) is 32.6 Å². The lowest BCUT2D eigenvalue weighted by Crippen LogP contribution is -2.05. The molecule has 6 heteroatoms. The van der Waals surface area contributed by atoms with Crippen LogP contribution in [0.15, 0.2) is 0 Å². The summed E-state index contributed by atoms with van der Waals surface area (Å²) in [4.78, 5) is 11.0. The Morgan fingerprint density at radius 1 is 1.67 bits per heavy atom. The van der Waals surface area contributed by atoms with Crippen molar-refractivity contribution in [1.82, 2.24) is 20.2 Å². The minimum atomic E-state index is -0.546. The van der Waals surface area contributed by atoms with Gasteiger partial charge in [-0.25, -0.2) is 0 Å². The van der Waals surface area contributed by atoms with E-state index in [0.29, 0.717) is 5.82 Å². The summed E-state index contributed by atoms with van der Waals surface area (Å²) in [5.41, 5.74) is 0. The molecule has 4 radical (unpaired) electrons. The molecule has 0 fully saturated rings. The van der Waals surface area contributed by atoms with Crippen LogP contribution in [0.25, 0.3) is 0 Å². The number of aromatic nitrogens is 4. The van der Waals surface area contributed by atoms with Crippen molar-refractivity contribution in [3.8, 4) is 0 Å². The topological polar surface area (TPSA) is 69.9 Å². The number of Topliss-reactive ketones (excluding diaryl/α,β-unsaturated/α-hetero) is 1. The maximum absolute atomic E-state index is 10.2. The quantitative estimate of drug-likeness (QED) is 0.573. The second-order valence-electron chi connectivity index (χ2n) is 1.99. The van der Waals surface area contributed by atoms with Crippen molar-refractivity contribution in [2.24, 2.45) is 0 Å². The third-order valence-electron chi connectivity index (χ3n) is 0.945. The third kappa shape index (κ3) is 2.75. The van der Waals surface area contributed by atoms with Crippen molar-refractivity contribution < 1.29 is 9.53 Å². The van der Waals surface area contributed by atoms with Gasteiger partial charge in [-0.15, -0.1) is 10.2 Å². The van der Waals surface area contributed by atoms with Gasteiger partial charge >= 0.3 is 0 Å². The number of ether oxygens (including phenoxy) is 1. The summed E-state index contributed by atoms with van der Waals surface area (Å²) < 4.78 is 4.79. The molecule has 0 aliphatic carbocycles. The Balaban J connectivity index is 2.29. The molecule has 0 saturated heterocycles. The van der Waals surface area contributed by atoms with Crippen molar-refractivity contribution in [2.75, 3.05) is 6.61 Å². The van der Waals surface area contributed by atoms with E-state index in [1.165, 1.54) is 0 Å². The van der Waals surface area contributed by atoms with E-state index in [2.05, 4.69) is 15.4 Å². The predicted octanol–water partition coefficient (Wildman–Crippen LogP) is -1.01. The van der Waals surface area contributed by atoms with Crippen LogP contribution in [0.5, 0.6) is 0 Å². The summed E-state index contributed by atoms with van der Waals surface area (Å²) >= 11 is 0. The summed E-state index contributed by atoms with van der Waals surface area (Å²) in [5.74, 6) is -0.242. The second-order valence-corrected chi connectivity index (χ2v) is 1.99.